The second-order valence-electron chi connectivity index (χ2n) is 4.51. The number of aryl methyl sites for hydroxylation is 1. The molecule has 0 fully saturated rings. The van der Waals surface area contributed by atoms with E-state index < -0.39 is 11.9 Å². The molecule has 104 valence electrons. The minimum atomic E-state index is -0.805. The van der Waals surface area contributed by atoms with Crippen LogP contribution in [0.1, 0.15) is 22.9 Å². The molecule has 2 aromatic rings. The quantitative estimate of drug-likeness (QED) is 0.836. The fourth-order valence-corrected chi connectivity index (χ4v) is 3.81. The lowest BCUT2D eigenvalue weighted by atomic mass is 10.1. The van der Waals surface area contributed by atoms with E-state index in [-0.39, 0.29) is 0 Å². The average Bonchev–Trinajstić information content (AvgIpc) is 2.92. The van der Waals surface area contributed by atoms with Crippen LogP contribution in [-0.2, 0) is 11.2 Å². The summed E-state index contributed by atoms with van der Waals surface area (Å²) in [7, 11) is 0. The van der Waals surface area contributed by atoms with Crippen LogP contribution in [-0.4, -0.2) is 16.1 Å². The standard InChI is InChI=1S/C13H10BrClN2O2S/c14-6-1-3-8(15)9(5-6)16-13-17-11-7(12(18)19)2-4-10(11)20-13/h1,3,5,7H,2,4H2,(H,16,17)(H,18,19). The third-order valence-corrected chi connectivity index (χ3v) is 5.06. The number of hydrogen-bond acceptors (Lipinski definition) is 4. The summed E-state index contributed by atoms with van der Waals surface area (Å²) in [5.74, 6) is -1.28. The summed E-state index contributed by atoms with van der Waals surface area (Å²) in [6.45, 7) is 0. The maximum atomic E-state index is 11.1. The van der Waals surface area contributed by atoms with Gasteiger partial charge in [-0.15, -0.1) is 11.3 Å². The zero-order valence-electron chi connectivity index (χ0n) is 10.2. The Morgan fingerprint density at radius 3 is 3.10 bits per heavy atom. The molecule has 7 heteroatoms. The Morgan fingerprint density at radius 2 is 2.35 bits per heavy atom. The number of aromatic nitrogens is 1. The Kier molecular flexibility index (Phi) is 3.70. The largest absolute Gasteiger partial charge is 0.481 e. The molecular formula is C13H10BrClN2O2S. The molecular weight excluding hydrogens is 364 g/mol. The van der Waals surface area contributed by atoms with E-state index in [1.807, 2.05) is 12.1 Å². The van der Waals surface area contributed by atoms with Crippen LogP contribution in [0.4, 0.5) is 10.8 Å². The van der Waals surface area contributed by atoms with Crippen molar-refractivity contribution in [3.05, 3.63) is 38.3 Å². The van der Waals surface area contributed by atoms with Gasteiger partial charge in [0.15, 0.2) is 5.13 Å². The zero-order valence-corrected chi connectivity index (χ0v) is 13.3. The monoisotopic (exact) mass is 372 g/mol. The molecule has 2 N–H and O–H groups in total. The van der Waals surface area contributed by atoms with Gasteiger partial charge in [-0.3, -0.25) is 4.79 Å². The number of benzene rings is 1. The maximum absolute atomic E-state index is 11.1. The molecule has 1 aromatic heterocycles. The number of halogens is 2. The van der Waals surface area contributed by atoms with Crippen LogP contribution in [0.15, 0.2) is 22.7 Å². The molecule has 1 unspecified atom stereocenters. The molecule has 0 amide bonds. The second kappa shape index (κ2) is 5.35. The Bertz CT molecular complexity index is 689. The normalized spacial score (nSPS) is 17.0. The summed E-state index contributed by atoms with van der Waals surface area (Å²) in [4.78, 5) is 16.6. The highest BCUT2D eigenvalue weighted by Gasteiger charge is 2.32. The minimum Gasteiger partial charge on any atom is -0.481 e. The molecule has 0 saturated carbocycles. The van der Waals surface area contributed by atoms with Gasteiger partial charge in [-0.2, -0.15) is 0 Å². The minimum absolute atomic E-state index is 0.477. The first-order valence-electron chi connectivity index (χ1n) is 5.99. The van der Waals surface area contributed by atoms with Gasteiger partial charge < -0.3 is 10.4 Å². The van der Waals surface area contributed by atoms with E-state index in [2.05, 4.69) is 26.2 Å². The van der Waals surface area contributed by atoms with Crippen LogP contribution in [0.3, 0.4) is 0 Å². The number of hydrogen-bond donors (Lipinski definition) is 2. The molecule has 1 atom stereocenters. The SMILES string of the molecule is O=C(O)C1CCc2sc(Nc3cc(Br)ccc3Cl)nc21. The van der Waals surface area contributed by atoms with E-state index in [0.717, 1.165) is 21.5 Å². The number of aliphatic carboxylic acids is 1. The number of thiazole rings is 1. The van der Waals surface area contributed by atoms with Crippen molar-refractivity contribution in [2.45, 2.75) is 18.8 Å². The molecule has 0 radical (unpaired) electrons. The van der Waals surface area contributed by atoms with Crippen molar-refractivity contribution >= 4 is 55.7 Å². The van der Waals surface area contributed by atoms with Crippen LogP contribution in [0, 0.1) is 0 Å². The number of nitrogens with zero attached hydrogens (tertiary/aromatic N) is 1. The van der Waals surface area contributed by atoms with E-state index in [0.29, 0.717) is 22.3 Å². The summed E-state index contributed by atoms with van der Waals surface area (Å²) in [5.41, 5.74) is 1.44. The molecule has 0 saturated heterocycles. The molecule has 4 nitrogen and oxygen atoms in total. The Labute approximate surface area is 132 Å². The Hall–Kier alpha value is -1.11. The summed E-state index contributed by atoms with van der Waals surface area (Å²) < 4.78 is 0.914. The first-order chi connectivity index (χ1) is 9.54. The highest BCUT2D eigenvalue weighted by Crippen LogP contribution is 2.40. The molecule has 0 spiro atoms. The van der Waals surface area contributed by atoms with E-state index in [9.17, 15) is 4.79 Å². The lowest BCUT2D eigenvalue weighted by Crippen LogP contribution is -2.08. The lowest BCUT2D eigenvalue weighted by molar-refractivity contribution is -0.138. The van der Waals surface area contributed by atoms with Gasteiger partial charge in [0.05, 0.1) is 16.4 Å². The predicted octanol–water partition coefficient (Wildman–Crippen LogP) is 4.42. The third-order valence-electron chi connectivity index (χ3n) is 3.19. The van der Waals surface area contributed by atoms with Crippen LogP contribution >= 0.6 is 38.9 Å². The van der Waals surface area contributed by atoms with Crippen molar-refractivity contribution in [1.29, 1.82) is 0 Å². The summed E-state index contributed by atoms with van der Waals surface area (Å²) in [6.07, 6.45) is 1.42. The molecule has 1 aromatic carbocycles. The van der Waals surface area contributed by atoms with Gasteiger partial charge in [-0.1, -0.05) is 27.5 Å². The Morgan fingerprint density at radius 1 is 1.55 bits per heavy atom. The fraction of sp³-hybridized carbons (Fsp3) is 0.231. The molecule has 1 aliphatic carbocycles. The zero-order chi connectivity index (χ0) is 14.3. The van der Waals surface area contributed by atoms with Crippen LogP contribution in [0.5, 0.6) is 0 Å². The van der Waals surface area contributed by atoms with Crippen LogP contribution in [0.25, 0.3) is 0 Å². The van der Waals surface area contributed by atoms with Crippen molar-refractivity contribution in [3.63, 3.8) is 0 Å². The van der Waals surface area contributed by atoms with Crippen molar-refractivity contribution < 1.29 is 9.90 Å². The molecule has 3 rings (SSSR count). The summed E-state index contributed by atoms with van der Waals surface area (Å²) in [6, 6.07) is 5.51. The first kappa shape index (κ1) is 13.9. The molecule has 1 aliphatic rings. The first-order valence-corrected chi connectivity index (χ1v) is 7.98. The van der Waals surface area contributed by atoms with Crippen LogP contribution < -0.4 is 5.32 Å². The topological polar surface area (TPSA) is 62.2 Å². The van der Waals surface area contributed by atoms with Crippen molar-refractivity contribution in [2.24, 2.45) is 0 Å². The van der Waals surface area contributed by atoms with E-state index in [1.165, 1.54) is 11.3 Å². The van der Waals surface area contributed by atoms with Crippen molar-refractivity contribution in [2.75, 3.05) is 5.32 Å². The van der Waals surface area contributed by atoms with E-state index in [4.69, 9.17) is 16.7 Å². The van der Waals surface area contributed by atoms with Crippen molar-refractivity contribution in [3.8, 4) is 0 Å². The third kappa shape index (κ3) is 2.55. The van der Waals surface area contributed by atoms with Crippen LogP contribution in [0.2, 0.25) is 5.02 Å². The van der Waals surface area contributed by atoms with Gasteiger partial charge in [0.25, 0.3) is 0 Å². The van der Waals surface area contributed by atoms with Gasteiger partial charge in [0.2, 0.25) is 0 Å². The number of fused-ring (bicyclic) bond motifs is 1. The highest BCUT2D eigenvalue weighted by atomic mass is 79.9. The van der Waals surface area contributed by atoms with Gasteiger partial charge >= 0.3 is 5.97 Å². The van der Waals surface area contributed by atoms with E-state index >= 15 is 0 Å². The highest BCUT2D eigenvalue weighted by molar-refractivity contribution is 9.10. The summed E-state index contributed by atoms with van der Waals surface area (Å²) >= 11 is 11.0. The molecule has 0 bridgehead atoms. The number of carbonyl (C=O) groups is 1. The fourth-order valence-electron chi connectivity index (χ4n) is 2.23. The lowest BCUT2D eigenvalue weighted by Gasteiger charge is -2.06. The molecule has 1 heterocycles. The smallest absolute Gasteiger partial charge is 0.312 e. The molecule has 20 heavy (non-hydrogen) atoms. The van der Waals surface area contributed by atoms with Crippen molar-refractivity contribution in [1.82, 2.24) is 4.98 Å². The average molecular weight is 374 g/mol. The van der Waals surface area contributed by atoms with Gasteiger partial charge in [-0.05, 0) is 31.0 Å². The summed E-state index contributed by atoms with van der Waals surface area (Å²) in [5, 5.41) is 13.6. The molecule has 0 aliphatic heterocycles. The maximum Gasteiger partial charge on any atom is 0.312 e. The number of anilines is 2. The number of carboxylic acid groups (broad SMARTS) is 1. The second-order valence-corrected chi connectivity index (χ2v) is 6.91. The number of rotatable bonds is 3. The number of nitrogens with one attached hydrogen (secondary N) is 1. The van der Waals surface area contributed by atoms with Gasteiger partial charge in [-0.25, -0.2) is 4.98 Å². The predicted molar refractivity (Wildman–Crippen MR) is 83.2 cm³/mol. The van der Waals surface area contributed by atoms with Gasteiger partial charge in [0.1, 0.15) is 5.92 Å². The number of carboxylic acids is 1. The van der Waals surface area contributed by atoms with E-state index in [1.54, 1.807) is 6.07 Å². The van der Waals surface area contributed by atoms with Gasteiger partial charge in [0, 0.05) is 9.35 Å². The Balaban J connectivity index is 1.88.